The maximum absolute atomic E-state index is 12.9. The molecular formula is C19H25FIN3O. The summed E-state index contributed by atoms with van der Waals surface area (Å²) in [7, 11) is 5.42. The summed E-state index contributed by atoms with van der Waals surface area (Å²) < 4.78 is 18.3. The van der Waals surface area contributed by atoms with Crippen LogP contribution in [0.4, 0.5) is 4.39 Å². The van der Waals surface area contributed by atoms with Gasteiger partial charge in [0.2, 0.25) is 0 Å². The predicted octanol–water partition coefficient (Wildman–Crippen LogP) is 3.70. The van der Waals surface area contributed by atoms with Crippen molar-refractivity contribution in [2.24, 2.45) is 4.99 Å². The summed E-state index contributed by atoms with van der Waals surface area (Å²) in [4.78, 5) is 6.36. The third kappa shape index (κ3) is 6.53. The zero-order chi connectivity index (χ0) is 17.4. The number of ether oxygens (including phenoxy) is 1. The highest BCUT2D eigenvalue weighted by Gasteiger charge is 2.09. The number of para-hydroxylation sites is 1. The molecule has 0 fully saturated rings. The summed E-state index contributed by atoms with van der Waals surface area (Å²) in [5, 5.41) is 3.33. The molecule has 1 N–H and O–H groups in total. The average Bonchev–Trinajstić information content (AvgIpc) is 2.60. The molecule has 0 aliphatic heterocycles. The lowest BCUT2D eigenvalue weighted by Crippen LogP contribution is -2.39. The molecule has 0 spiro atoms. The van der Waals surface area contributed by atoms with Crippen molar-refractivity contribution in [1.82, 2.24) is 10.2 Å². The topological polar surface area (TPSA) is 36.9 Å². The SMILES string of the molecule is CN=C(NCCc1ccc(F)cc1)N(C)Cc1ccccc1OC.I. The highest BCUT2D eigenvalue weighted by Crippen LogP contribution is 2.18. The number of hydrogen-bond donors (Lipinski definition) is 1. The van der Waals surface area contributed by atoms with Gasteiger partial charge in [0.1, 0.15) is 11.6 Å². The molecule has 0 heterocycles. The third-order valence-electron chi connectivity index (χ3n) is 3.78. The molecule has 0 atom stereocenters. The van der Waals surface area contributed by atoms with Crippen molar-refractivity contribution in [2.75, 3.05) is 27.7 Å². The number of nitrogens with one attached hydrogen (secondary N) is 1. The fraction of sp³-hybridized carbons (Fsp3) is 0.316. The van der Waals surface area contributed by atoms with Crippen LogP contribution in [0.1, 0.15) is 11.1 Å². The Morgan fingerprint density at radius 1 is 1.16 bits per heavy atom. The fourth-order valence-electron chi connectivity index (χ4n) is 2.52. The molecule has 25 heavy (non-hydrogen) atoms. The minimum absolute atomic E-state index is 0. The van der Waals surface area contributed by atoms with Crippen LogP contribution in [0.5, 0.6) is 5.75 Å². The normalized spacial score (nSPS) is 10.8. The molecule has 6 heteroatoms. The molecule has 2 aromatic rings. The van der Waals surface area contributed by atoms with E-state index < -0.39 is 0 Å². The number of guanidine groups is 1. The highest BCUT2D eigenvalue weighted by molar-refractivity contribution is 14.0. The molecule has 0 bridgehead atoms. The number of rotatable bonds is 6. The van der Waals surface area contributed by atoms with E-state index in [0.29, 0.717) is 6.54 Å². The summed E-state index contributed by atoms with van der Waals surface area (Å²) in [6.07, 6.45) is 0.807. The largest absolute Gasteiger partial charge is 0.496 e. The van der Waals surface area contributed by atoms with Crippen molar-refractivity contribution < 1.29 is 9.13 Å². The van der Waals surface area contributed by atoms with Gasteiger partial charge in [0.25, 0.3) is 0 Å². The van der Waals surface area contributed by atoms with Crippen LogP contribution in [-0.2, 0) is 13.0 Å². The number of aliphatic imine (C=N–C) groups is 1. The Hall–Kier alpha value is -1.83. The quantitative estimate of drug-likeness (QED) is 0.409. The van der Waals surface area contributed by atoms with E-state index in [9.17, 15) is 4.39 Å². The summed E-state index contributed by atoms with van der Waals surface area (Å²) >= 11 is 0. The second-order valence-corrected chi connectivity index (χ2v) is 5.52. The molecule has 0 unspecified atom stereocenters. The van der Waals surface area contributed by atoms with Crippen LogP contribution in [0, 0.1) is 5.82 Å². The third-order valence-corrected chi connectivity index (χ3v) is 3.78. The first-order chi connectivity index (χ1) is 11.6. The van der Waals surface area contributed by atoms with Crippen molar-refractivity contribution in [3.05, 3.63) is 65.5 Å². The minimum Gasteiger partial charge on any atom is -0.496 e. The van der Waals surface area contributed by atoms with Gasteiger partial charge in [0, 0.05) is 32.7 Å². The van der Waals surface area contributed by atoms with E-state index in [1.807, 2.05) is 36.2 Å². The maximum Gasteiger partial charge on any atom is 0.193 e. The molecule has 0 saturated carbocycles. The van der Waals surface area contributed by atoms with E-state index in [-0.39, 0.29) is 29.8 Å². The molecular weight excluding hydrogens is 432 g/mol. The summed E-state index contributed by atoms with van der Waals surface area (Å²) in [5.74, 6) is 1.47. The predicted molar refractivity (Wildman–Crippen MR) is 111 cm³/mol. The van der Waals surface area contributed by atoms with E-state index in [2.05, 4.69) is 10.3 Å². The van der Waals surface area contributed by atoms with Gasteiger partial charge in [0.15, 0.2) is 5.96 Å². The molecule has 0 amide bonds. The van der Waals surface area contributed by atoms with Gasteiger partial charge in [-0.1, -0.05) is 30.3 Å². The molecule has 0 aromatic heterocycles. The van der Waals surface area contributed by atoms with Crippen molar-refractivity contribution >= 4 is 29.9 Å². The molecule has 2 aromatic carbocycles. The zero-order valence-electron chi connectivity index (χ0n) is 14.8. The standard InChI is InChI=1S/C19H24FN3O.HI/c1-21-19(22-13-12-15-8-10-17(20)11-9-15)23(2)14-16-6-4-5-7-18(16)24-3;/h4-11H,12-14H2,1-3H3,(H,21,22);1H. The van der Waals surface area contributed by atoms with Crippen molar-refractivity contribution in [3.63, 3.8) is 0 Å². The first-order valence-electron chi connectivity index (χ1n) is 7.92. The van der Waals surface area contributed by atoms with E-state index in [1.54, 1.807) is 26.3 Å². The van der Waals surface area contributed by atoms with Crippen LogP contribution in [0.3, 0.4) is 0 Å². The van der Waals surface area contributed by atoms with Crippen LogP contribution in [-0.4, -0.2) is 38.6 Å². The fourth-order valence-corrected chi connectivity index (χ4v) is 2.52. The second kappa shape index (κ2) is 10.9. The molecule has 2 rings (SSSR count). The molecule has 0 radical (unpaired) electrons. The number of hydrogen-bond acceptors (Lipinski definition) is 2. The Morgan fingerprint density at radius 3 is 2.48 bits per heavy atom. The first kappa shape index (κ1) is 21.2. The molecule has 136 valence electrons. The lowest BCUT2D eigenvalue weighted by Gasteiger charge is -2.23. The molecule has 0 saturated heterocycles. The minimum atomic E-state index is -0.209. The Morgan fingerprint density at radius 2 is 1.84 bits per heavy atom. The maximum atomic E-state index is 12.9. The van der Waals surface area contributed by atoms with Crippen molar-refractivity contribution in [3.8, 4) is 5.75 Å². The molecule has 0 aliphatic rings. The van der Waals surface area contributed by atoms with Gasteiger partial charge in [-0.2, -0.15) is 0 Å². The number of nitrogens with zero attached hydrogens (tertiary/aromatic N) is 2. The van der Waals surface area contributed by atoms with E-state index >= 15 is 0 Å². The Kier molecular flexibility index (Phi) is 9.26. The van der Waals surface area contributed by atoms with Crippen LogP contribution in [0.2, 0.25) is 0 Å². The Balaban J connectivity index is 0.00000312. The highest BCUT2D eigenvalue weighted by atomic mass is 127. The first-order valence-corrected chi connectivity index (χ1v) is 7.92. The monoisotopic (exact) mass is 457 g/mol. The van der Waals surface area contributed by atoms with E-state index in [1.165, 1.54) is 12.1 Å². The van der Waals surface area contributed by atoms with Crippen LogP contribution in [0.25, 0.3) is 0 Å². The van der Waals surface area contributed by atoms with E-state index in [4.69, 9.17) is 4.74 Å². The zero-order valence-corrected chi connectivity index (χ0v) is 17.2. The lowest BCUT2D eigenvalue weighted by molar-refractivity contribution is 0.396. The molecule has 4 nitrogen and oxygen atoms in total. The Labute approximate surface area is 166 Å². The van der Waals surface area contributed by atoms with Gasteiger partial charge in [-0.15, -0.1) is 24.0 Å². The van der Waals surface area contributed by atoms with E-state index in [0.717, 1.165) is 35.8 Å². The van der Waals surface area contributed by atoms with Gasteiger partial charge in [-0.3, -0.25) is 4.99 Å². The van der Waals surface area contributed by atoms with Gasteiger partial charge in [-0.05, 0) is 30.2 Å². The van der Waals surface area contributed by atoms with Crippen LogP contribution >= 0.6 is 24.0 Å². The number of halogens is 2. The van der Waals surface area contributed by atoms with Gasteiger partial charge < -0.3 is 15.0 Å². The molecule has 0 aliphatic carbocycles. The number of benzene rings is 2. The lowest BCUT2D eigenvalue weighted by atomic mass is 10.1. The van der Waals surface area contributed by atoms with Crippen LogP contribution < -0.4 is 10.1 Å². The summed E-state index contributed by atoms with van der Waals surface area (Å²) in [5.41, 5.74) is 2.19. The van der Waals surface area contributed by atoms with Crippen molar-refractivity contribution in [1.29, 1.82) is 0 Å². The summed E-state index contributed by atoms with van der Waals surface area (Å²) in [6, 6.07) is 14.5. The van der Waals surface area contributed by atoms with Gasteiger partial charge >= 0.3 is 0 Å². The van der Waals surface area contributed by atoms with Crippen molar-refractivity contribution in [2.45, 2.75) is 13.0 Å². The Bertz CT molecular complexity index is 677. The average molecular weight is 457 g/mol. The van der Waals surface area contributed by atoms with Gasteiger partial charge in [-0.25, -0.2) is 4.39 Å². The summed E-state index contributed by atoms with van der Waals surface area (Å²) in [6.45, 7) is 1.43. The van der Waals surface area contributed by atoms with Crippen LogP contribution in [0.15, 0.2) is 53.5 Å². The van der Waals surface area contributed by atoms with Gasteiger partial charge in [0.05, 0.1) is 7.11 Å². The smallest absolute Gasteiger partial charge is 0.193 e. The number of methoxy groups -OCH3 is 1. The second-order valence-electron chi connectivity index (χ2n) is 5.52.